The number of amides is 1. The zero-order valence-corrected chi connectivity index (χ0v) is 17.3. The highest BCUT2D eigenvalue weighted by Gasteiger charge is 2.28. The number of nitrogens with zero attached hydrogens (tertiary/aromatic N) is 1. The van der Waals surface area contributed by atoms with Crippen LogP contribution in [0.4, 0.5) is 0 Å². The zero-order chi connectivity index (χ0) is 21.1. The van der Waals surface area contributed by atoms with Crippen LogP contribution in [0.3, 0.4) is 0 Å². The number of hydrogen-bond acceptors (Lipinski definition) is 3. The molecule has 0 aliphatic rings. The van der Waals surface area contributed by atoms with E-state index in [1.54, 1.807) is 54.6 Å². The molecule has 29 heavy (non-hydrogen) atoms. The third-order valence-corrected chi connectivity index (χ3v) is 5.63. The monoisotopic (exact) mass is 408 g/mol. The topological polar surface area (TPSA) is 90.2 Å². The molecule has 2 unspecified atom stereocenters. The van der Waals surface area contributed by atoms with Gasteiger partial charge in [-0.3, -0.25) is 9.59 Å². The Morgan fingerprint density at radius 3 is 2.62 bits per heavy atom. The Balaban J connectivity index is 2.26. The van der Waals surface area contributed by atoms with Gasteiger partial charge in [0.05, 0.1) is 23.6 Å². The first kappa shape index (κ1) is 22.3. The molecule has 0 saturated heterocycles. The maximum absolute atomic E-state index is 12.6. The maximum atomic E-state index is 12.6. The number of nitriles is 1. The summed E-state index contributed by atoms with van der Waals surface area (Å²) in [7, 11) is 0.572. The van der Waals surface area contributed by atoms with Gasteiger partial charge in [0.25, 0.3) is 5.91 Å². The summed E-state index contributed by atoms with van der Waals surface area (Å²) in [6, 6.07) is 17.1. The summed E-state index contributed by atoms with van der Waals surface area (Å²) in [4.78, 5) is 24.7. The summed E-state index contributed by atoms with van der Waals surface area (Å²) in [6.07, 6.45) is 4.08. The highest BCUT2D eigenvalue weighted by Crippen LogP contribution is 2.20. The molecule has 0 heterocycles. The molecule has 0 fully saturated rings. The van der Waals surface area contributed by atoms with Crippen LogP contribution in [0.2, 0.25) is 0 Å². The second-order valence-electron chi connectivity index (χ2n) is 6.64. The molecular formula is C23H25N2O3P. The van der Waals surface area contributed by atoms with Crippen LogP contribution in [0.1, 0.15) is 34.8 Å². The van der Waals surface area contributed by atoms with Gasteiger partial charge in [0, 0.05) is 5.56 Å². The van der Waals surface area contributed by atoms with Crippen molar-refractivity contribution in [2.45, 2.75) is 25.8 Å². The molecule has 2 N–H and O–H groups in total. The minimum Gasteiger partial charge on any atom is -0.481 e. The SMILES string of the molecule is CCCP/C=C/C(NC(=O)c1ccccc1)[C@@H](Cc1cccc(C#N)c1)C(=O)O. The third kappa shape index (κ3) is 7.18. The van der Waals surface area contributed by atoms with Crippen LogP contribution in [-0.4, -0.2) is 29.2 Å². The molecule has 1 amide bonds. The molecule has 150 valence electrons. The molecule has 3 atom stereocenters. The summed E-state index contributed by atoms with van der Waals surface area (Å²) in [5.74, 6) is -0.189. The summed E-state index contributed by atoms with van der Waals surface area (Å²) in [6.45, 7) is 2.09. The predicted molar refractivity (Wildman–Crippen MR) is 116 cm³/mol. The van der Waals surface area contributed by atoms with Crippen LogP contribution >= 0.6 is 8.58 Å². The fourth-order valence-electron chi connectivity index (χ4n) is 2.90. The van der Waals surface area contributed by atoms with Crippen molar-refractivity contribution in [1.29, 1.82) is 5.26 Å². The van der Waals surface area contributed by atoms with Crippen molar-refractivity contribution in [3.8, 4) is 6.07 Å². The fourth-order valence-corrected chi connectivity index (χ4v) is 3.69. The van der Waals surface area contributed by atoms with Gasteiger partial charge in [0.15, 0.2) is 0 Å². The van der Waals surface area contributed by atoms with Crippen LogP contribution in [0.15, 0.2) is 66.5 Å². The van der Waals surface area contributed by atoms with Gasteiger partial charge >= 0.3 is 5.97 Å². The van der Waals surface area contributed by atoms with E-state index in [9.17, 15) is 14.7 Å². The molecule has 5 nitrogen and oxygen atoms in total. The van der Waals surface area contributed by atoms with Crippen molar-refractivity contribution in [1.82, 2.24) is 5.32 Å². The molecule has 0 spiro atoms. The Labute approximate surface area is 173 Å². The van der Waals surface area contributed by atoms with Gasteiger partial charge in [-0.05, 0) is 42.4 Å². The molecule has 2 aromatic carbocycles. The average molecular weight is 408 g/mol. The lowest BCUT2D eigenvalue weighted by molar-refractivity contribution is -0.142. The number of benzene rings is 2. The lowest BCUT2D eigenvalue weighted by Gasteiger charge is -2.23. The largest absolute Gasteiger partial charge is 0.481 e. The lowest BCUT2D eigenvalue weighted by Crippen LogP contribution is -2.43. The Kier molecular flexibility index (Phi) is 9.08. The first-order valence-corrected chi connectivity index (χ1v) is 10.8. The van der Waals surface area contributed by atoms with Crippen LogP contribution in [0.25, 0.3) is 0 Å². The number of carbonyl (C=O) groups is 2. The van der Waals surface area contributed by atoms with Gasteiger partial charge in [-0.25, -0.2) is 0 Å². The normalized spacial score (nSPS) is 13.2. The van der Waals surface area contributed by atoms with Gasteiger partial charge in [0.1, 0.15) is 0 Å². The smallest absolute Gasteiger partial charge is 0.309 e. The Morgan fingerprint density at radius 2 is 1.97 bits per heavy atom. The molecule has 0 bridgehead atoms. The number of aliphatic carboxylic acids is 1. The van der Waals surface area contributed by atoms with Gasteiger partial charge in [-0.1, -0.05) is 64.2 Å². The minimum absolute atomic E-state index is 0.214. The van der Waals surface area contributed by atoms with Crippen molar-refractivity contribution in [3.63, 3.8) is 0 Å². The quantitative estimate of drug-likeness (QED) is 0.455. The van der Waals surface area contributed by atoms with Crippen LogP contribution < -0.4 is 5.32 Å². The second kappa shape index (κ2) is 11.8. The van der Waals surface area contributed by atoms with E-state index in [4.69, 9.17) is 5.26 Å². The molecular weight excluding hydrogens is 383 g/mol. The van der Waals surface area contributed by atoms with E-state index in [-0.39, 0.29) is 12.3 Å². The highest BCUT2D eigenvalue weighted by atomic mass is 31.1. The van der Waals surface area contributed by atoms with Crippen molar-refractivity contribution in [2.24, 2.45) is 5.92 Å². The average Bonchev–Trinajstić information content (AvgIpc) is 2.74. The zero-order valence-electron chi connectivity index (χ0n) is 16.3. The molecule has 0 aliphatic heterocycles. The molecule has 6 heteroatoms. The van der Waals surface area contributed by atoms with Crippen LogP contribution in [-0.2, 0) is 11.2 Å². The fraction of sp³-hybridized carbons (Fsp3) is 0.261. The van der Waals surface area contributed by atoms with E-state index in [0.717, 1.165) is 18.1 Å². The van der Waals surface area contributed by atoms with E-state index in [2.05, 4.69) is 18.3 Å². The summed E-state index contributed by atoms with van der Waals surface area (Å²) in [5.41, 5.74) is 1.72. The third-order valence-electron chi connectivity index (χ3n) is 4.41. The molecule has 0 radical (unpaired) electrons. The van der Waals surface area contributed by atoms with Crippen molar-refractivity contribution in [2.75, 3.05) is 6.16 Å². The van der Waals surface area contributed by atoms with Gasteiger partial charge in [-0.15, -0.1) is 0 Å². The van der Waals surface area contributed by atoms with E-state index < -0.39 is 17.9 Å². The van der Waals surface area contributed by atoms with E-state index >= 15 is 0 Å². The Morgan fingerprint density at radius 1 is 1.21 bits per heavy atom. The molecule has 0 saturated carbocycles. The summed E-state index contributed by atoms with van der Waals surface area (Å²) < 4.78 is 0. The van der Waals surface area contributed by atoms with Crippen molar-refractivity contribution in [3.05, 3.63) is 83.2 Å². The van der Waals surface area contributed by atoms with Gasteiger partial charge in [0.2, 0.25) is 0 Å². The van der Waals surface area contributed by atoms with Crippen LogP contribution in [0.5, 0.6) is 0 Å². The number of carboxylic acid groups (broad SMARTS) is 1. The van der Waals surface area contributed by atoms with Gasteiger partial charge in [-0.2, -0.15) is 5.26 Å². The lowest BCUT2D eigenvalue weighted by atomic mass is 9.91. The molecule has 0 aromatic heterocycles. The van der Waals surface area contributed by atoms with Crippen molar-refractivity contribution < 1.29 is 14.7 Å². The number of hydrogen-bond donors (Lipinski definition) is 2. The minimum atomic E-state index is -0.991. The maximum Gasteiger partial charge on any atom is 0.309 e. The van der Waals surface area contributed by atoms with Crippen molar-refractivity contribution >= 4 is 20.5 Å². The Hall–Kier alpha value is -2.96. The standard InChI is InChI=1S/C23H25N2O3P/c1-2-12-29-13-11-21(25-22(26)19-9-4-3-5-10-19)20(23(27)28)15-17-7-6-8-18(14-17)16-24/h3-11,13-14,20-21,29H,2,12,15H2,1H3,(H,25,26)(H,27,28)/b13-11+/t20-,21?/m1/s1. The highest BCUT2D eigenvalue weighted by molar-refractivity contribution is 7.41. The predicted octanol–water partition coefficient (Wildman–Crippen LogP) is 4.20. The first-order chi connectivity index (χ1) is 14.0. The molecule has 0 aliphatic carbocycles. The Bertz CT molecular complexity index is 890. The number of nitrogens with one attached hydrogen (secondary N) is 1. The van der Waals surface area contributed by atoms with E-state index in [1.807, 2.05) is 11.9 Å². The number of rotatable bonds is 10. The molecule has 2 aromatic rings. The number of carbonyl (C=O) groups excluding carboxylic acids is 1. The molecule has 2 rings (SSSR count). The number of carboxylic acids is 1. The second-order valence-corrected chi connectivity index (χ2v) is 7.88. The van der Waals surface area contributed by atoms with Crippen LogP contribution in [0, 0.1) is 17.2 Å². The summed E-state index contributed by atoms with van der Waals surface area (Å²) in [5, 5.41) is 21.8. The summed E-state index contributed by atoms with van der Waals surface area (Å²) >= 11 is 0. The first-order valence-electron chi connectivity index (χ1n) is 9.53. The van der Waals surface area contributed by atoms with E-state index in [0.29, 0.717) is 19.7 Å². The van der Waals surface area contributed by atoms with Gasteiger partial charge < -0.3 is 10.4 Å². The van der Waals surface area contributed by atoms with E-state index in [1.165, 1.54) is 0 Å².